The van der Waals surface area contributed by atoms with E-state index in [4.69, 9.17) is 9.84 Å². The number of benzene rings is 1. The molecule has 0 unspecified atom stereocenters. The van der Waals surface area contributed by atoms with E-state index >= 15 is 0 Å². The van der Waals surface area contributed by atoms with E-state index in [1.54, 1.807) is 20.8 Å². The standard InChI is InChI=1S/C9H9F.C7H13NO4.C6H13N/c10-9-5-3-8(4-6-9)7-1-2-7;1-7(2,3)12-6(11)8-4-5(9)10;1-3-5-7-6-4-2/h3-7H,1-2H2;4H2,1-3H3,(H,8,11)(H,9,10);3,7H,1,4-6H2,2H3. The van der Waals surface area contributed by atoms with Gasteiger partial charge in [0.05, 0.1) is 0 Å². The Morgan fingerprint density at radius 3 is 2.28 bits per heavy atom. The summed E-state index contributed by atoms with van der Waals surface area (Å²) in [6, 6.07) is 6.83. The van der Waals surface area contributed by atoms with Crippen LogP contribution in [0.1, 0.15) is 58.4 Å². The molecule has 1 saturated carbocycles. The number of rotatable bonds is 7. The fourth-order valence-electron chi connectivity index (χ4n) is 1.99. The Balaban J connectivity index is 0.000000420. The van der Waals surface area contributed by atoms with Crippen molar-refractivity contribution in [3.8, 4) is 0 Å². The Labute approximate surface area is 173 Å². The van der Waals surface area contributed by atoms with E-state index in [9.17, 15) is 14.0 Å². The zero-order valence-corrected chi connectivity index (χ0v) is 18.0. The molecule has 1 aliphatic rings. The van der Waals surface area contributed by atoms with E-state index < -0.39 is 24.2 Å². The molecule has 1 aromatic carbocycles. The van der Waals surface area contributed by atoms with Gasteiger partial charge in [0.2, 0.25) is 0 Å². The van der Waals surface area contributed by atoms with Gasteiger partial charge in [-0.15, -0.1) is 6.58 Å². The zero-order chi connectivity index (χ0) is 22.3. The minimum absolute atomic E-state index is 0.135. The number of hydrogen-bond donors (Lipinski definition) is 3. The molecule has 6 nitrogen and oxygen atoms in total. The minimum Gasteiger partial charge on any atom is -0.480 e. The molecular weight excluding hydrogens is 375 g/mol. The molecule has 3 N–H and O–H groups in total. The molecule has 1 fully saturated rings. The fraction of sp³-hybridized carbons (Fsp3) is 0.545. The summed E-state index contributed by atoms with van der Waals surface area (Å²) in [5, 5.41) is 13.4. The average Bonchev–Trinajstić information content (AvgIpc) is 3.46. The number of carbonyl (C=O) groups is 2. The van der Waals surface area contributed by atoms with Crippen molar-refractivity contribution in [2.75, 3.05) is 19.6 Å². The van der Waals surface area contributed by atoms with Crippen LogP contribution in [-0.2, 0) is 9.53 Å². The van der Waals surface area contributed by atoms with Crippen LogP contribution < -0.4 is 10.6 Å². The van der Waals surface area contributed by atoms with Crippen LogP contribution in [0.3, 0.4) is 0 Å². The maximum absolute atomic E-state index is 12.4. The number of carboxylic acids is 1. The maximum atomic E-state index is 12.4. The lowest BCUT2D eigenvalue weighted by Crippen LogP contribution is -2.35. The summed E-state index contributed by atoms with van der Waals surface area (Å²) >= 11 is 0. The highest BCUT2D eigenvalue weighted by atomic mass is 19.1. The van der Waals surface area contributed by atoms with Crippen LogP contribution in [0.2, 0.25) is 0 Å². The number of nitrogens with one attached hydrogen (secondary N) is 2. The molecule has 1 amide bonds. The third-order valence-corrected chi connectivity index (χ3v) is 3.42. The molecule has 1 aromatic rings. The van der Waals surface area contributed by atoms with Gasteiger partial charge >= 0.3 is 12.1 Å². The molecule has 7 heteroatoms. The van der Waals surface area contributed by atoms with Crippen molar-refractivity contribution in [3.05, 3.63) is 48.3 Å². The van der Waals surface area contributed by atoms with Gasteiger partial charge in [0, 0.05) is 6.54 Å². The first-order chi connectivity index (χ1) is 13.6. The molecule has 0 bridgehead atoms. The van der Waals surface area contributed by atoms with E-state index in [1.165, 1.54) is 37.0 Å². The first kappa shape index (κ1) is 26.6. The number of carboxylic acid groups (broad SMARTS) is 1. The maximum Gasteiger partial charge on any atom is 0.408 e. The second-order valence-corrected chi connectivity index (χ2v) is 7.57. The Kier molecular flexibility index (Phi) is 13.4. The normalized spacial score (nSPS) is 12.4. The number of alkyl carbamates (subject to hydrolysis) is 1. The molecule has 1 aliphatic carbocycles. The highest BCUT2D eigenvalue weighted by molar-refractivity contribution is 5.76. The number of aliphatic carboxylic acids is 1. The van der Waals surface area contributed by atoms with E-state index in [0.717, 1.165) is 19.0 Å². The van der Waals surface area contributed by atoms with Crippen molar-refractivity contribution in [1.82, 2.24) is 10.6 Å². The molecule has 0 aliphatic heterocycles. The smallest absolute Gasteiger partial charge is 0.408 e. The van der Waals surface area contributed by atoms with Crippen molar-refractivity contribution in [3.63, 3.8) is 0 Å². The predicted molar refractivity (Wildman–Crippen MR) is 114 cm³/mol. The van der Waals surface area contributed by atoms with Crippen molar-refractivity contribution in [1.29, 1.82) is 0 Å². The van der Waals surface area contributed by atoms with Gasteiger partial charge in [0.15, 0.2) is 0 Å². The van der Waals surface area contributed by atoms with Crippen LogP contribution in [-0.4, -0.2) is 42.4 Å². The molecule has 0 heterocycles. The summed E-state index contributed by atoms with van der Waals surface area (Å²) in [6.07, 6.45) is 4.92. The van der Waals surface area contributed by atoms with E-state index in [0.29, 0.717) is 0 Å². The zero-order valence-electron chi connectivity index (χ0n) is 18.0. The van der Waals surface area contributed by atoms with Gasteiger partial charge in [-0.2, -0.15) is 0 Å². The van der Waals surface area contributed by atoms with Crippen LogP contribution in [0.25, 0.3) is 0 Å². The van der Waals surface area contributed by atoms with Gasteiger partial charge in [0.25, 0.3) is 0 Å². The first-order valence-electron chi connectivity index (χ1n) is 9.84. The lowest BCUT2D eigenvalue weighted by atomic mass is 10.1. The Morgan fingerprint density at radius 2 is 1.86 bits per heavy atom. The van der Waals surface area contributed by atoms with Crippen molar-refractivity contribution in [2.24, 2.45) is 0 Å². The molecule has 164 valence electrons. The molecule has 0 saturated heterocycles. The Morgan fingerprint density at radius 1 is 1.28 bits per heavy atom. The fourth-order valence-corrected chi connectivity index (χ4v) is 1.99. The van der Waals surface area contributed by atoms with Gasteiger partial charge in [0.1, 0.15) is 18.0 Å². The van der Waals surface area contributed by atoms with Crippen molar-refractivity contribution >= 4 is 12.1 Å². The van der Waals surface area contributed by atoms with Gasteiger partial charge in [-0.25, -0.2) is 9.18 Å². The highest BCUT2D eigenvalue weighted by Gasteiger charge is 2.22. The molecular formula is C22H35FN2O4. The third kappa shape index (κ3) is 17.4. The molecule has 0 spiro atoms. The van der Waals surface area contributed by atoms with Crippen molar-refractivity contribution in [2.45, 2.75) is 58.5 Å². The monoisotopic (exact) mass is 410 g/mol. The van der Waals surface area contributed by atoms with Crippen LogP contribution >= 0.6 is 0 Å². The number of carbonyl (C=O) groups excluding carboxylic acids is 1. The van der Waals surface area contributed by atoms with Crippen LogP contribution in [0, 0.1) is 5.82 Å². The lowest BCUT2D eigenvalue weighted by molar-refractivity contribution is -0.136. The first-order valence-corrected chi connectivity index (χ1v) is 9.84. The van der Waals surface area contributed by atoms with E-state index in [2.05, 4.69) is 24.1 Å². The molecule has 29 heavy (non-hydrogen) atoms. The Hall–Kier alpha value is -2.41. The molecule has 0 aromatic heterocycles. The van der Waals surface area contributed by atoms with Gasteiger partial charge < -0.3 is 20.5 Å². The SMILES string of the molecule is C=CCNCCC.CC(C)(C)OC(=O)NCC(=O)O.Fc1ccc(C2CC2)cc1. The number of ether oxygens (including phenoxy) is 1. The third-order valence-electron chi connectivity index (χ3n) is 3.42. The largest absolute Gasteiger partial charge is 0.480 e. The lowest BCUT2D eigenvalue weighted by Gasteiger charge is -2.19. The molecule has 2 rings (SSSR count). The summed E-state index contributed by atoms with van der Waals surface area (Å²) in [5.41, 5.74) is 0.698. The van der Waals surface area contributed by atoms with Gasteiger partial charge in [-0.1, -0.05) is 25.1 Å². The Bertz CT molecular complexity index is 608. The minimum atomic E-state index is -1.10. The summed E-state index contributed by atoms with van der Waals surface area (Å²) in [5.74, 6) is -0.495. The topological polar surface area (TPSA) is 87.7 Å². The number of amides is 1. The number of hydrogen-bond acceptors (Lipinski definition) is 4. The highest BCUT2D eigenvalue weighted by Crippen LogP contribution is 2.39. The summed E-state index contributed by atoms with van der Waals surface area (Å²) in [6.45, 7) is 12.4. The predicted octanol–water partition coefficient (Wildman–Crippen LogP) is 4.47. The van der Waals surface area contributed by atoms with Gasteiger partial charge in [-0.3, -0.25) is 4.79 Å². The molecule has 0 radical (unpaired) electrons. The van der Waals surface area contributed by atoms with E-state index in [-0.39, 0.29) is 5.82 Å². The van der Waals surface area contributed by atoms with Crippen LogP contribution in [0.5, 0.6) is 0 Å². The second-order valence-electron chi connectivity index (χ2n) is 7.57. The average molecular weight is 411 g/mol. The van der Waals surface area contributed by atoms with Crippen LogP contribution in [0.4, 0.5) is 9.18 Å². The quantitative estimate of drug-likeness (QED) is 0.456. The molecule has 0 atom stereocenters. The summed E-state index contributed by atoms with van der Waals surface area (Å²) in [7, 11) is 0. The van der Waals surface area contributed by atoms with Crippen molar-refractivity contribution < 1.29 is 23.8 Å². The summed E-state index contributed by atoms with van der Waals surface area (Å²) in [4.78, 5) is 20.8. The summed E-state index contributed by atoms with van der Waals surface area (Å²) < 4.78 is 17.1. The van der Waals surface area contributed by atoms with Crippen LogP contribution in [0.15, 0.2) is 36.9 Å². The van der Waals surface area contributed by atoms with Gasteiger partial charge in [-0.05, 0) is 70.2 Å². The number of halogens is 1. The second kappa shape index (κ2) is 14.6. The van der Waals surface area contributed by atoms with E-state index in [1.807, 2.05) is 18.2 Å².